The van der Waals surface area contributed by atoms with Crippen molar-refractivity contribution in [2.45, 2.75) is 13.8 Å². The molecule has 0 fully saturated rings. The third kappa shape index (κ3) is 4.05. The number of carbonyl (C=O) groups is 1. The van der Waals surface area contributed by atoms with E-state index in [4.69, 9.17) is 16.3 Å². The fourth-order valence-corrected chi connectivity index (χ4v) is 2.27. The van der Waals surface area contributed by atoms with Gasteiger partial charge >= 0.3 is 5.97 Å². The zero-order chi connectivity index (χ0) is 17.0. The van der Waals surface area contributed by atoms with Gasteiger partial charge in [-0.3, -0.25) is 0 Å². The van der Waals surface area contributed by atoms with Crippen LogP contribution in [0.4, 0.5) is 0 Å². The highest BCUT2D eigenvalue weighted by Gasteiger charge is 2.12. The molecule has 4 nitrogen and oxygen atoms in total. The van der Waals surface area contributed by atoms with Gasteiger partial charge in [0.05, 0.1) is 12.2 Å². The lowest BCUT2D eigenvalue weighted by Gasteiger charge is -2.08. The number of carboxylic acid groups (broad SMARTS) is 1. The first-order valence-electron chi connectivity index (χ1n) is 7.09. The van der Waals surface area contributed by atoms with Crippen molar-refractivity contribution in [3.63, 3.8) is 0 Å². The second-order valence-corrected chi connectivity index (χ2v) is 5.39. The third-order valence-corrected chi connectivity index (χ3v) is 3.72. The number of carboxylic acids is 1. The molecule has 0 saturated heterocycles. The van der Waals surface area contributed by atoms with Crippen molar-refractivity contribution in [1.29, 1.82) is 0 Å². The number of aliphatic carboxylic acids is 1. The van der Waals surface area contributed by atoms with E-state index < -0.39 is 5.97 Å². The maximum Gasteiger partial charge on any atom is 0.336 e. The number of aromatic hydroxyl groups is 1. The second-order valence-electron chi connectivity index (χ2n) is 4.99. The molecule has 2 aromatic carbocycles. The van der Waals surface area contributed by atoms with Gasteiger partial charge in [0.2, 0.25) is 0 Å². The average molecular weight is 333 g/mol. The SMILES string of the molecule is CCOc1cc(/C=C(\C(=O)O)c2ccc(C)c(Cl)c2)ccc1O. The van der Waals surface area contributed by atoms with Crippen molar-refractivity contribution in [2.24, 2.45) is 0 Å². The molecular weight excluding hydrogens is 316 g/mol. The van der Waals surface area contributed by atoms with E-state index in [1.807, 2.05) is 6.92 Å². The van der Waals surface area contributed by atoms with Gasteiger partial charge in [0.1, 0.15) is 0 Å². The van der Waals surface area contributed by atoms with Crippen LogP contribution in [0.2, 0.25) is 5.02 Å². The van der Waals surface area contributed by atoms with E-state index in [0.29, 0.717) is 28.5 Å². The van der Waals surface area contributed by atoms with Crippen molar-refractivity contribution in [3.8, 4) is 11.5 Å². The number of hydrogen-bond donors (Lipinski definition) is 2. The van der Waals surface area contributed by atoms with Gasteiger partial charge in [-0.15, -0.1) is 0 Å². The van der Waals surface area contributed by atoms with E-state index in [9.17, 15) is 15.0 Å². The Morgan fingerprint density at radius 3 is 2.61 bits per heavy atom. The number of phenolic OH excluding ortho intramolecular Hbond substituents is 1. The summed E-state index contributed by atoms with van der Waals surface area (Å²) in [5.41, 5.74) is 2.11. The maximum atomic E-state index is 11.6. The third-order valence-electron chi connectivity index (χ3n) is 3.31. The van der Waals surface area contributed by atoms with Gasteiger partial charge in [-0.1, -0.05) is 29.8 Å². The van der Waals surface area contributed by atoms with E-state index in [1.165, 1.54) is 12.1 Å². The number of rotatable bonds is 5. The number of halogens is 1. The van der Waals surface area contributed by atoms with Gasteiger partial charge in [-0.05, 0) is 54.8 Å². The minimum absolute atomic E-state index is 0.0132. The zero-order valence-corrected chi connectivity index (χ0v) is 13.6. The Balaban J connectivity index is 2.49. The van der Waals surface area contributed by atoms with Crippen LogP contribution in [0.1, 0.15) is 23.6 Å². The summed E-state index contributed by atoms with van der Waals surface area (Å²) in [5, 5.41) is 19.7. The summed E-state index contributed by atoms with van der Waals surface area (Å²) in [6.45, 7) is 4.06. The standard InChI is InChI=1S/C18H17ClO4/c1-3-23-17-9-12(5-7-16(17)20)8-14(18(21)22)13-6-4-11(2)15(19)10-13/h4-10,20H,3H2,1-2H3,(H,21,22)/b14-8-. The molecule has 2 N–H and O–H groups in total. The van der Waals surface area contributed by atoms with Gasteiger partial charge < -0.3 is 14.9 Å². The minimum atomic E-state index is -1.06. The molecule has 0 unspecified atom stereocenters. The molecule has 0 atom stereocenters. The van der Waals surface area contributed by atoms with Crippen molar-refractivity contribution < 1.29 is 19.7 Å². The quantitative estimate of drug-likeness (QED) is 0.630. The van der Waals surface area contributed by atoms with Crippen LogP contribution in [-0.2, 0) is 4.79 Å². The van der Waals surface area contributed by atoms with Gasteiger partial charge in [0.15, 0.2) is 11.5 Å². The minimum Gasteiger partial charge on any atom is -0.504 e. The highest BCUT2D eigenvalue weighted by atomic mass is 35.5. The van der Waals surface area contributed by atoms with Crippen LogP contribution in [0.5, 0.6) is 11.5 Å². The highest BCUT2D eigenvalue weighted by molar-refractivity contribution is 6.32. The first-order chi connectivity index (χ1) is 10.9. The smallest absolute Gasteiger partial charge is 0.336 e. The molecule has 120 valence electrons. The summed E-state index contributed by atoms with van der Waals surface area (Å²) < 4.78 is 5.31. The van der Waals surface area contributed by atoms with Crippen LogP contribution >= 0.6 is 11.6 Å². The predicted molar refractivity (Wildman–Crippen MR) is 91.0 cm³/mol. The second kappa shape index (κ2) is 7.20. The summed E-state index contributed by atoms with van der Waals surface area (Å²) in [4.78, 5) is 11.6. The van der Waals surface area contributed by atoms with Gasteiger partial charge in [0.25, 0.3) is 0 Å². The lowest BCUT2D eigenvalue weighted by Crippen LogP contribution is -2.00. The molecule has 5 heteroatoms. The molecule has 0 aliphatic heterocycles. The first-order valence-corrected chi connectivity index (χ1v) is 7.47. The molecule has 0 aliphatic carbocycles. The number of benzene rings is 2. The number of phenols is 1. The molecular formula is C18H17ClO4. The van der Waals surface area contributed by atoms with Crippen LogP contribution < -0.4 is 4.74 Å². The van der Waals surface area contributed by atoms with Crippen LogP contribution in [-0.4, -0.2) is 22.8 Å². The van der Waals surface area contributed by atoms with Crippen molar-refractivity contribution >= 4 is 29.2 Å². The van der Waals surface area contributed by atoms with E-state index in [-0.39, 0.29) is 11.3 Å². The fourth-order valence-electron chi connectivity index (χ4n) is 2.09. The van der Waals surface area contributed by atoms with Crippen LogP contribution in [0, 0.1) is 6.92 Å². The van der Waals surface area contributed by atoms with Crippen LogP contribution in [0.3, 0.4) is 0 Å². The number of hydrogen-bond acceptors (Lipinski definition) is 3. The Morgan fingerprint density at radius 2 is 2.00 bits per heavy atom. The van der Waals surface area contributed by atoms with Crippen molar-refractivity contribution in [2.75, 3.05) is 6.61 Å². The Hall–Kier alpha value is -2.46. The summed E-state index contributed by atoms with van der Waals surface area (Å²) in [7, 11) is 0. The molecule has 0 radical (unpaired) electrons. The molecule has 0 amide bonds. The van der Waals surface area contributed by atoms with E-state index >= 15 is 0 Å². The Kier molecular flexibility index (Phi) is 5.29. The van der Waals surface area contributed by atoms with E-state index in [1.54, 1.807) is 37.3 Å². The molecule has 23 heavy (non-hydrogen) atoms. The van der Waals surface area contributed by atoms with Gasteiger partial charge in [-0.2, -0.15) is 0 Å². The zero-order valence-electron chi connectivity index (χ0n) is 12.8. The molecule has 2 aromatic rings. The number of ether oxygens (including phenoxy) is 1. The predicted octanol–water partition coefficient (Wildman–Crippen LogP) is 4.38. The lowest BCUT2D eigenvalue weighted by molar-refractivity contribution is -0.130. The van der Waals surface area contributed by atoms with Gasteiger partial charge in [0, 0.05) is 5.02 Å². The fraction of sp³-hybridized carbons (Fsp3) is 0.167. The molecule has 0 saturated carbocycles. The normalized spacial score (nSPS) is 11.3. The first kappa shape index (κ1) is 16.9. The van der Waals surface area contributed by atoms with Crippen molar-refractivity contribution in [3.05, 3.63) is 58.1 Å². The molecule has 0 heterocycles. The molecule has 0 aromatic heterocycles. The van der Waals surface area contributed by atoms with Crippen LogP contribution in [0.25, 0.3) is 11.6 Å². The lowest BCUT2D eigenvalue weighted by atomic mass is 10.0. The van der Waals surface area contributed by atoms with Crippen LogP contribution in [0.15, 0.2) is 36.4 Å². The Labute approximate surface area is 139 Å². The molecule has 0 bridgehead atoms. The largest absolute Gasteiger partial charge is 0.504 e. The highest BCUT2D eigenvalue weighted by Crippen LogP contribution is 2.29. The molecule has 0 aliphatic rings. The Bertz CT molecular complexity index is 766. The summed E-state index contributed by atoms with van der Waals surface area (Å²) in [5.74, 6) is -0.733. The summed E-state index contributed by atoms with van der Waals surface area (Å²) >= 11 is 6.08. The average Bonchev–Trinajstić information content (AvgIpc) is 2.51. The summed E-state index contributed by atoms with van der Waals surface area (Å²) in [6.07, 6.45) is 1.52. The summed E-state index contributed by atoms with van der Waals surface area (Å²) in [6, 6.07) is 9.80. The molecule has 2 rings (SSSR count). The van der Waals surface area contributed by atoms with Gasteiger partial charge in [-0.25, -0.2) is 4.79 Å². The molecule has 0 spiro atoms. The Morgan fingerprint density at radius 1 is 1.26 bits per heavy atom. The van der Waals surface area contributed by atoms with E-state index in [0.717, 1.165) is 5.56 Å². The number of aryl methyl sites for hydroxylation is 1. The maximum absolute atomic E-state index is 11.6. The topological polar surface area (TPSA) is 66.8 Å². The van der Waals surface area contributed by atoms with E-state index in [2.05, 4.69) is 0 Å². The van der Waals surface area contributed by atoms with Crippen molar-refractivity contribution in [1.82, 2.24) is 0 Å². The monoisotopic (exact) mass is 332 g/mol.